The van der Waals surface area contributed by atoms with Crippen LogP contribution in [0.1, 0.15) is 83.8 Å². The van der Waals surface area contributed by atoms with Gasteiger partial charge < -0.3 is 0 Å². The van der Waals surface area contributed by atoms with Crippen molar-refractivity contribution in [1.82, 2.24) is 0 Å². The maximum absolute atomic E-state index is 8.70. The van der Waals surface area contributed by atoms with Gasteiger partial charge in [-0.15, -0.1) is 0 Å². The first-order valence-electron chi connectivity index (χ1n) is 8.36. The monoisotopic (exact) mass is 246 g/mol. The molecule has 1 fully saturated rings. The minimum atomic E-state index is -0.0248. The molecule has 0 unspecified atom stereocenters. The van der Waals surface area contributed by atoms with Crippen LogP contribution in [0.4, 0.5) is 0 Å². The van der Waals surface area contributed by atoms with E-state index >= 15 is 0 Å². The molecule has 0 N–H and O–H groups in total. The first-order valence-corrected chi connectivity index (χ1v) is 7.36. The summed E-state index contributed by atoms with van der Waals surface area (Å²) >= 11 is 0. The number of hydrogen-bond donors (Lipinski definition) is 0. The lowest BCUT2D eigenvalue weighted by atomic mass is 9.77. The van der Waals surface area contributed by atoms with Gasteiger partial charge in [0.25, 0.3) is 0 Å². The Hall–Kier alpha value is -0.780. The summed E-state index contributed by atoms with van der Waals surface area (Å²) in [6.45, 7) is 10.7. The van der Waals surface area contributed by atoms with Crippen molar-refractivity contribution in [2.24, 2.45) is 0 Å². The molecule has 2 rings (SSSR count). The van der Waals surface area contributed by atoms with Gasteiger partial charge in [0.1, 0.15) is 0 Å². The zero-order valence-electron chi connectivity index (χ0n) is 14.6. The van der Waals surface area contributed by atoms with Crippen LogP contribution in [0.2, 0.25) is 0 Å². The highest BCUT2D eigenvalue weighted by Gasteiger charge is 2.21. The minimum Gasteiger partial charge on any atom is -0.0561 e. The molecular weight excluding hydrogens is 216 g/mol. The summed E-state index contributed by atoms with van der Waals surface area (Å²) in [5.41, 5.74) is 4.37. The van der Waals surface area contributed by atoms with Gasteiger partial charge in [-0.05, 0) is 60.3 Å². The van der Waals surface area contributed by atoms with Gasteiger partial charge in [-0.1, -0.05) is 52.1 Å². The number of rotatable bonds is 1. The van der Waals surface area contributed by atoms with Crippen molar-refractivity contribution < 1.29 is 2.74 Å². The summed E-state index contributed by atoms with van der Waals surface area (Å²) in [5.74, 6) is 0.434. The van der Waals surface area contributed by atoms with Crippen LogP contribution in [-0.2, 0) is 5.41 Å². The summed E-state index contributed by atoms with van der Waals surface area (Å²) in [5, 5.41) is 0. The van der Waals surface area contributed by atoms with Crippen LogP contribution in [0.25, 0.3) is 0 Å². The Morgan fingerprint density at radius 2 is 1.67 bits per heavy atom. The Kier molecular flexibility index (Phi) is 3.12. The molecule has 0 saturated heterocycles. The second kappa shape index (κ2) is 5.07. The lowest BCUT2D eigenvalue weighted by Crippen LogP contribution is -2.15. The molecule has 0 radical (unpaired) electrons. The molecule has 0 nitrogen and oxygen atoms in total. The molecular formula is C18H28. The molecule has 0 heterocycles. The summed E-state index contributed by atoms with van der Waals surface area (Å²) in [7, 11) is 0. The highest BCUT2D eigenvalue weighted by atomic mass is 14.3. The van der Waals surface area contributed by atoms with Gasteiger partial charge >= 0.3 is 0 Å². The fourth-order valence-electron chi connectivity index (χ4n) is 3.09. The van der Waals surface area contributed by atoms with Crippen molar-refractivity contribution >= 4 is 0 Å². The summed E-state index contributed by atoms with van der Waals surface area (Å²) in [6.07, 6.45) is 6.13. The normalized spacial score (nSPS) is 19.6. The van der Waals surface area contributed by atoms with Crippen LogP contribution in [0.15, 0.2) is 12.1 Å². The fraction of sp³-hybridized carbons (Fsp3) is 0.667. The molecule has 0 heteroatoms. The summed E-state index contributed by atoms with van der Waals surface area (Å²) in [4.78, 5) is 0. The average molecular weight is 246 g/mol. The first kappa shape index (κ1) is 11.1. The molecule has 1 aliphatic carbocycles. The molecule has 1 saturated carbocycles. The molecule has 18 heavy (non-hydrogen) atoms. The Labute approximate surface area is 116 Å². The zero-order valence-corrected chi connectivity index (χ0v) is 12.6. The zero-order chi connectivity index (χ0) is 15.1. The minimum absolute atomic E-state index is 0.0248. The average Bonchev–Trinajstić information content (AvgIpc) is 2.36. The standard InChI is InChI=1S/C18H28/c1-13-11-16(15-9-7-6-8-10-15)12-17(14(13)2)18(3,4)5/h11-12,15H,6-10H2,1-5H3/i11D,12D. The highest BCUT2D eigenvalue weighted by molar-refractivity contribution is 5.42. The SMILES string of the molecule is [2H]c1c(C)c(C)c(C(C)(C)C)c([2H])c1C1CCCCC1. The Bertz CT molecular complexity index is 503. The topological polar surface area (TPSA) is 0 Å². The van der Waals surface area contributed by atoms with Crippen LogP contribution in [-0.4, -0.2) is 0 Å². The maximum Gasteiger partial charge on any atom is 0.0629 e. The van der Waals surface area contributed by atoms with Crippen LogP contribution in [0.3, 0.4) is 0 Å². The largest absolute Gasteiger partial charge is 0.0629 e. The smallest absolute Gasteiger partial charge is 0.0561 e. The van der Waals surface area contributed by atoms with Gasteiger partial charge in [0.15, 0.2) is 0 Å². The van der Waals surface area contributed by atoms with E-state index in [0.29, 0.717) is 18.0 Å². The van der Waals surface area contributed by atoms with Crippen LogP contribution < -0.4 is 0 Å². The van der Waals surface area contributed by atoms with E-state index in [1.165, 1.54) is 19.3 Å². The van der Waals surface area contributed by atoms with Gasteiger partial charge in [-0.3, -0.25) is 0 Å². The fourth-order valence-corrected chi connectivity index (χ4v) is 3.09. The van der Waals surface area contributed by atoms with Gasteiger partial charge in [0.05, 0.1) is 2.74 Å². The predicted molar refractivity (Wildman–Crippen MR) is 80.4 cm³/mol. The van der Waals surface area contributed by atoms with Gasteiger partial charge in [-0.2, -0.15) is 0 Å². The van der Waals surface area contributed by atoms with Crippen molar-refractivity contribution in [3.63, 3.8) is 0 Å². The third kappa shape index (κ3) is 2.79. The molecule has 1 aromatic rings. The molecule has 0 aliphatic heterocycles. The maximum atomic E-state index is 8.70. The van der Waals surface area contributed by atoms with E-state index < -0.39 is 0 Å². The van der Waals surface area contributed by atoms with Crippen molar-refractivity contribution in [3.05, 3.63) is 34.3 Å². The molecule has 0 bridgehead atoms. The number of hydrogen-bond acceptors (Lipinski definition) is 0. The van der Waals surface area contributed by atoms with E-state index in [1.54, 1.807) is 0 Å². The second-order valence-corrected chi connectivity index (χ2v) is 6.87. The molecule has 0 spiro atoms. The molecule has 100 valence electrons. The van der Waals surface area contributed by atoms with E-state index in [2.05, 4.69) is 34.6 Å². The Balaban J connectivity index is 2.65. The third-order valence-electron chi connectivity index (χ3n) is 4.28. The van der Waals surface area contributed by atoms with Crippen molar-refractivity contribution in [3.8, 4) is 0 Å². The van der Waals surface area contributed by atoms with Crippen molar-refractivity contribution in [2.45, 2.75) is 78.1 Å². The molecule has 1 aliphatic rings. The quantitative estimate of drug-likeness (QED) is 0.601. The van der Waals surface area contributed by atoms with Crippen LogP contribution >= 0.6 is 0 Å². The van der Waals surface area contributed by atoms with Crippen molar-refractivity contribution in [1.29, 1.82) is 0 Å². The van der Waals surface area contributed by atoms with E-state index in [0.717, 1.165) is 35.1 Å². The van der Waals surface area contributed by atoms with Gasteiger partial charge in [0.2, 0.25) is 0 Å². The Morgan fingerprint density at radius 3 is 2.22 bits per heavy atom. The number of benzene rings is 1. The lowest BCUT2D eigenvalue weighted by Gasteiger charge is -2.28. The van der Waals surface area contributed by atoms with E-state index in [4.69, 9.17) is 2.74 Å². The van der Waals surface area contributed by atoms with Crippen molar-refractivity contribution in [2.75, 3.05) is 0 Å². The second-order valence-electron chi connectivity index (χ2n) is 6.87. The molecule has 0 atom stereocenters. The first-order chi connectivity index (χ1) is 9.25. The molecule has 0 amide bonds. The predicted octanol–water partition coefficient (Wildman–Crippen LogP) is 5.65. The molecule has 0 aromatic heterocycles. The Morgan fingerprint density at radius 1 is 1.06 bits per heavy atom. The van der Waals surface area contributed by atoms with Gasteiger partial charge in [0, 0.05) is 0 Å². The summed E-state index contributed by atoms with van der Waals surface area (Å²) in [6, 6.07) is 1.28. The van der Waals surface area contributed by atoms with Crippen LogP contribution in [0, 0.1) is 13.8 Å². The van der Waals surface area contributed by atoms with E-state index in [1.807, 2.05) is 0 Å². The third-order valence-corrected chi connectivity index (χ3v) is 4.28. The van der Waals surface area contributed by atoms with Gasteiger partial charge in [-0.25, -0.2) is 0 Å². The lowest BCUT2D eigenvalue weighted by molar-refractivity contribution is 0.442. The van der Waals surface area contributed by atoms with E-state index in [9.17, 15) is 0 Å². The van der Waals surface area contributed by atoms with E-state index in [-0.39, 0.29) is 5.41 Å². The molecule has 1 aromatic carbocycles. The highest BCUT2D eigenvalue weighted by Crippen LogP contribution is 2.36. The summed E-state index contributed by atoms with van der Waals surface area (Å²) < 4.78 is 17.2. The van der Waals surface area contributed by atoms with Crippen LogP contribution in [0.5, 0.6) is 0 Å².